The lowest BCUT2D eigenvalue weighted by Gasteiger charge is -2.39. The molecule has 3 aromatic heterocycles. The normalized spacial score (nSPS) is 20.2. The van der Waals surface area contributed by atoms with Crippen LogP contribution in [0.4, 0.5) is 23.7 Å². The molecule has 5 rings (SSSR count). The highest BCUT2D eigenvalue weighted by Gasteiger charge is 2.47. The van der Waals surface area contributed by atoms with E-state index in [0.29, 0.717) is 41.0 Å². The minimum absolute atomic E-state index is 0.0130. The van der Waals surface area contributed by atoms with E-state index >= 15 is 0 Å². The SMILES string of the molecule is CC(C)(O)[C@H](F)CNC(=O)c1cnc(-c2ccc3cc(C#N)cnn23)cc1NC1CC(COC(=O)N2CC(F)(F)C2)C1. The van der Waals surface area contributed by atoms with Crippen LogP contribution in [0.15, 0.2) is 36.7 Å². The molecule has 4 heterocycles. The second-order valence-corrected chi connectivity index (χ2v) is 11.3. The van der Waals surface area contributed by atoms with Crippen molar-refractivity contribution in [2.45, 2.75) is 50.4 Å². The molecule has 1 saturated heterocycles. The Morgan fingerprint density at radius 2 is 2.00 bits per heavy atom. The third-order valence-corrected chi connectivity index (χ3v) is 7.39. The molecule has 3 N–H and O–H groups in total. The van der Waals surface area contributed by atoms with Crippen molar-refractivity contribution in [2.24, 2.45) is 5.92 Å². The number of pyridine rings is 1. The average Bonchev–Trinajstić information content (AvgIpc) is 3.33. The highest BCUT2D eigenvalue weighted by atomic mass is 19.3. The van der Waals surface area contributed by atoms with E-state index in [0.717, 1.165) is 4.90 Å². The summed E-state index contributed by atoms with van der Waals surface area (Å²) in [7, 11) is 0. The number of amides is 2. The summed E-state index contributed by atoms with van der Waals surface area (Å²) in [5.74, 6) is -3.43. The molecule has 3 aromatic rings. The molecule has 0 radical (unpaired) electrons. The molecule has 14 heteroatoms. The quantitative estimate of drug-likeness (QED) is 0.347. The first kappa shape index (κ1) is 29.1. The minimum Gasteiger partial charge on any atom is -0.449 e. The lowest BCUT2D eigenvalue weighted by Crippen LogP contribution is -2.58. The number of alkyl halides is 3. The van der Waals surface area contributed by atoms with Crippen molar-refractivity contribution in [3.63, 3.8) is 0 Å². The van der Waals surface area contributed by atoms with Crippen LogP contribution in [-0.4, -0.2) is 86.6 Å². The van der Waals surface area contributed by atoms with Gasteiger partial charge in [0.2, 0.25) is 0 Å². The van der Waals surface area contributed by atoms with Crippen molar-refractivity contribution >= 4 is 23.2 Å². The van der Waals surface area contributed by atoms with Crippen LogP contribution in [0.2, 0.25) is 0 Å². The number of halogens is 3. The van der Waals surface area contributed by atoms with Gasteiger partial charge >= 0.3 is 6.09 Å². The number of carbonyl (C=O) groups is 2. The van der Waals surface area contributed by atoms with Gasteiger partial charge in [-0.1, -0.05) is 0 Å². The first-order valence-electron chi connectivity index (χ1n) is 13.4. The Hall–Kier alpha value is -4.38. The summed E-state index contributed by atoms with van der Waals surface area (Å²) >= 11 is 0. The fourth-order valence-corrected chi connectivity index (χ4v) is 4.81. The standard InChI is InChI=1S/C28H30F3N7O4/c1-27(2,41)24(29)12-34-25(39)20-11-33-22(23-4-3-19-7-17(9-32)10-35-38(19)23)8-21(20)36-18-5-16(6-18)13-42-26(40)37-14-28(30,31)15-37/h3-4,7-8,10-11,16,18,24,41H,5-6,12-15H2,1-2H3,(H,33,36)(H,34,39)/t16?,18?,24-/m1/s1. The van der Waals surface area contributed by atoms with Gasteiger partial charge in [-0.15, -0.1) is 0 Å². The Kier molecular flexibility index (Phi) is 7.72. The zero-order valence-electron chi connectivity index (χ0n) is 23.0. The molecule has 42 heavy (non-hydrogen) atoms. The number of rotatable bonds is 9. The number of anilines is 1. The number of likely N-dealkylation sites (tertiary alicyclic amines) is 1. The maximum Gasteiger partial charge on any atom is 0.410 e. The van der Waals surface area contributed by atoms with Crippen LogP contribution in [0, 0.1) is 17.2 Å². The van der Waals surface area contributed by atoms with Crippen molar-refractivity contribution in [1.82, 2.24) is 24.8 Å². The number of ether oxygens (including phenoxy) is 1. The van der Waals surface area contributed by atoms with Crippen LogP contribution < -0.4 is 10.6 Å². The van der Waals surface area contributed by atoms with Crippen LogP contribution >= 0.6 is 0 Å². The lowest BCUT2D eigenvalue weighted by atomic mass is 9.80. The number of fused-ring (bicyclic) bond motifs is 1. The second kappa shape index (κ2) is 11.1. The zero-order valence-corrected chi connectivity index (χ0v) is 23.0. The summed E-state index contributed by atoms with van der Waals surface area (Å²) in [6.45, 7) is 1.03. The van der Waals surface area contributed by atoms with Crippen LogP contribution in [0.25, 0.3) is 16.9 Å². The summed E-state index contributed by atoms with van der Waals surface area (Å²) in [5, 5.41) is 29.2. The smallest absolute Gasteiger partial charge is 0.410 e. The van der Waals surface area contributed by atoms with E-state index in [2.05, 4.69) is 20.7 Å². The summed E-state index contributed by atoms with van der Waals surface area (Å²) in [6.07, 6.45) is 1.54. The van der Waals surface area contributed by atoms with Crippen LogP contribution in [0.1, 0.15) is 42.6 Å². The summed E-state index contributed by atoms with van der Waals surface area (Å²) < 4.78 is 47.1. The third-order valence-electron chi connectivity index (χ3n) is 7.39. The molecule has 222 valence electrons. The highest BCUT2D eigenvalue weighted by molar-refractivity contribution is 6.00. The predicted octanol–water partition coefficient (Wildman–Crippen LogP) is 3.38. The third kappa shape index (κ3) is 6.25. The zero-order chi connectivity index (χ0) is 30.2. The molecule has 0 unspecified atom stereocenters. The minimum atomic E-state index is -2.86. The van der Waals surface area contributed by atoms with Gasteiger partial charge in [0.25, 0.3) is 11.8 Å². The molecule has 11 nitrogen and oxygen atoms in total. The van der Waals surface area contributed by atoms with Gasteiger partial charge in [0.05, 0.1) is 71.8 Å². The van der Waals surface area contributed by atoms with E-state index in [9.17, 15) is 27.9 Å². The van der Waals surface area contributed by atoms with Gasteiger partial charge in [-0.2, -0.15) is 10.4 Å². The Labute approximate surface area is 239 Å². The van der Waals surface area contributed by atoms with Crippen LogP contribution in [0.5, 0.6) is 0 Å². The Morgan fingerprint density at radius 1 is 1.26 bits per heavy atom. The Morgan fingerprint density at radius 3 is 2.67 bits per heavy atom. The molecule has 0 aromatic carbocycles. The van der Waals surface area contributed by atoms with Gasteiger partial charge in [-0.05, 0) is 56.9 Å². The number of nitrogens with one attached hydrogen (secondary N) is 2. The van der Waals surface area contributed by atoms with Crippen molar-refractivity contribution in [2.75, 3.05) is 31.6 Å². The van der Waals surface area contributed by atoms with Crippen molar-refractivity contribution in [3.8, 4) is 17.5 Å². The van der Waals surface area contributed by atoms with Crippen LogP contribution in [0.3, 0.4) is 0 Å². The highest BCUT2D eigenvalue weighted by Crippen LogP contribution is 2.34. The van der Waals surface area contributed by atoms with Gasteiger partial charge in [-0.25, -0.2) is 22.5 Å². The molecule has 2 aliphatic rings. The van der Waals surface area contributed by atoms with Crippen molar-refractivity contribution < 1.29 is 32.6 Å². The topological polar surface area (TPSA) is 145 Å². The maximum atomic E-state index is 14.3. The monoisotopic (exact) mass is 585 g/mol. The van der Waals surface area contributed by atoms with Gasteiger partial charge in [0.15, 0.2) is 0 Å². The average molecular weight is 586 g/mol. The lowest BCUT2D eigenvalue weighted by molar-refractivity contribution is -0.121. The molecular formula is C28H30F3N7O4. The fourth-order valence-electron chi connectivity index (χ4n) is 4.81. The number of nitrogens with zero attached hydrogens (tertiary/aromatic N) is 5. The number of aliphatic hydroxyl groups is 1. The molecule has 1 aliphatic heterocycles. The number of nitriles is 1. The summed E-state index contributed by atoms with van der Waals surface area (Å²) in [5.41, 5.74) is 1.15. The van der Waals surface area contributed by atoms with E-state index in [4.69, 9.17) is 10.00 Å². The molecule has 2 fully saturated rings. The van der Waals surface area contributed by atoms with E-state index in [1.807, 2.05) is 6.07 Å². The first-order chi connectivity index (χ1) is 19.8. The number of hydrogen-bond acceptors (Lipinski definition) is 8. The van der Waals surface area contributed by atoms with Crippen molar-refractivity contribution in [1.29, 1.82) is 5.26 Å². The number of aromatic nitrogens is 3. The van der Waals surface area contributed by atoms with Crippen LogP contribution in [-0.2, 0) is 4.74 Å². The molecule has 1 saturated carbocycles. The number of hydrogen-bond donors (Lipinski definition) is 3. The van der Waals surface area contributed by atoms with E-state index in [1.54, 1.807) is 28.8 Å². The second-order valence-electron chi connectivity index (χ2n) is 11.3. The molecule has 0 spiro atoms. The predicted molar refractivity (Wildman–Crippen MR) is 145 cm³/mol. The fraction of sp³-hybridized carbons (Fsp3) is 0.464. The Bertz CT molecular complexity index is 1530. The summed E-state index contributed by atoms with van der Waals surface area (Å²) in [4.78, 5) is 30.4. The molecule has 1 aliphatic carbocycles. The van der Waals surface area contributed by atoms with Gasteiger partial charge < -0.3 is 20.5 Å². The summed E-state index contributed by atoms with van der Waals surface area (Å²) in [6, 6.07) is 8.89. The first-order valence-corrected chi connectivity index (χ1v) is 13.4. The van der Waals surface area contributed by atoms with E-state index in [-0.39, 0.29) is 24.1 Å². The largest absolute Gasteiger partial charge is 0.449 e. The van der Waals surface area contributed by atoms with Crippen molar-refractivity contribution in [3.05, 3.63) is 47.8 Å². The van der Waals surface area contributed by atoms with Gasteiger partial charge in [-0.3, -0.25) is 14.7 Å². The van der Waals surface area contributed by atoms with E-state index in [1.165, 1.54) is 26.2 Å². The Balaban J connectivity index is 1.29. The molecular weight excluding hydrogens is 555 g/mol. The molecule has 0 bridgehead atoms. The molecule has 2 amide bonds. The molecule has 1 atom stereocenters. The maximum absolute atomic E-state index is 14.3. The van der Waals surface area contributed by atoms with E-state index < -0.39 is 49.3 Å². The number of carbonyl (C=O) groups excluding carboxylic acids is 2. The van der Waals surface area contributed by atoms with Gasteiger partial charge in [0.1, 0.15) is 12.2 Å². The van der Waals surface area contributed by atoms with Gasteiger partial charge in [0, 0.05) is 12.2 Å².